The number of nitro groups is 2. The summed E-state index contributed by atoms with van der Waals surface area (Å²) in [5, 5.41) is 21.0. The summed E-state index contributed by atoms with van der Waals surface area (Å²) < 4.78 is -0.750. The maximum absolute atomic E-state index is 10.5. The zero-order valence-electron chi connectivity index (χ0n) is 11.7. The monoisotopic (exact) mass is 426 g/mol. The molecule has 0 saturated carbocycles. The van der Waals surface area contributed by atoms with E-state index in [1.807, 2.05) is 0 Å². The van der Waals surface area contributed by atoms with Crippen molar-refractivity contribution in [2.75, 3.05) is 0 Å². The minimum Gasteiger partial charge on any atom is -0.258 e. The van der Waals surface area contributed by atoms with Crippen molar-refractivity contribution in [3.8, 4) is 0 Å². The Morgan fingerprint density at radius 2 is 0.958 bits per heavy atom. The van der Waals surface area contributed by atoms with Gasteiger partial charge >= 0.3 is 0 Å². The van der Waals surface area contributed by atoms with E-state index in [0.717, 1.165) is 9.79 Å². The first kappa shape index (κ1) is 20.9. The summed E-state index contributed by atoms with van der Waals surface area (Å²) in [6.45, 7) is 0. The lowest BCUT2D eigenvalue weighted by atomic mass is 10.3. The molecule has 0 saturated heterocycles. The van der Waals surface area contributed by atoms with Gasteiger partial charge in [0, 0.05) is 34.1 Å². The Labute approximate surface area is 160 Å². The van der Waals surface area contributed by atoms with Gasteiger partial charge in [0.2, 0.25) is 0 Å². The van der Waals surface area contributed by atoms with E-state index in [4.69, 9.17) is 34.8 Å². The second-order valence-corrected chi connectivity index (χ2v) is 8.17. The molecule has 0 aliphatic carbocycles. The first-order chi connectivity index (χ1) is 11.3. The van der Waals surface area contributed by atoms with Gasteiger partial charge in [0.05, 0.1) is 9.85 Å². The van der Waals surface area contributed by atoms with Crippen LogP contribution in [0.5, 0.6) is 0 Å². The molecule has 0 spiro atoms. The quantitative estimate of drug-likeness (QED) is 0.241. The molecular weight excluding hydrogens is 419 g/mol. The Morgan fingerprint density at radius 1 is 0.708 bits per heavy atom. The van der Waals surface area contributed by atoms with E-state index >= 15 is 0 Å². The van der Waals surface area contributed by atoms with Gasteiger partial charge in [-0.3, -0.25) is 20.2 Å². The number of non-ortho nitro benzene ring substituents is 2. The number of hydrogen-bond acceptors (Lipinski definition) is 6. The van der Waals surface area contributed by atoms with Crippen molar-refractivity contribution in [3.63, 3.8) is 0 Å². The van der Waals surface area contributed by atoms with Crippen molar-refractivity contribution in [2.24, 2.45) is 0 Å². The van der Waals surface area contributed by atoms with Gasteiger partial charge in [0.1, 0.15) is 0 Å². The van der Waals surface area contributed by atoms with Gasteiger partial charge in [-0.25, -0.2) is 0 Å². The zero-order valence-corrected chi connectivity index (χ0v) is 15.6. The summed E-state index contributed by atoms with van der Waals surface area (Å²) in [7, 11) is 2.86. The van der Waals surface area contributed by atoms with E-state index in [0.29, 0.717) is 0 Å². The lowest BCUT2D eigenvalue weighted by molar-refractivity contribution is -0.385. The Hall–Kier alpha value is -1.19. The first-order valence-corrected chi connectivity index (χ1v) is 9.51. The van der Waals surface area contributed by atoms with E-state index in [-0.39, 0.29) is 11.4 Å². The smallest absolute Gasteiger partial charge is 0.258 e. The normalized spacial score (nSPS) is 10.0. The summed E-state index contributed by atoms with van der Waals surface area (Å²) in [6.07, 6.45) is 0. The minimum absolute atomic E-state index is 0.0506. The van der Waals surface area contributed by atoms with Crippen molar-refractivity contribution in [2.45, 2.75) is 14.1 Å². The molecule has 0 N–H and O–H groups in total. The van der Waals surface area contributed by atoms with Gasteiger partial charge in [-0.15, -0.1) is 0 Å². The number of rotatable bonds is 5. The largest absolute Gasteiger partial charge is 0.269 e. The maximum Gasteiger partial charge on any atom is 0.269 e. The number of halogens is 3. The molecule has 0 fully saturated rings. The Kier molecular flexibility index (Phi) is 9.24. The Balaban J connectivity index is 0.000000648. The van der Waals surface area contributed by atoms with E-state index in [1.54, 1.807) is 24.3 Å². The third-order valence-electron chi connectivity index (χ3n) is 2.33. The van der Waals surface area contributed by atoms with Crippen molar-refractivity contribution in [1.29, 1.82) is 0 Å². The van der Waals surface area contributed by atoms with Crippen LogP contribution >= 0.6 is 56.4 Å². The highest BCUT2D eigenvalue weighted by atomic mass is 35.6. The molecule has 0 aromatic heterocycles. The van der Waals surface area contributed by atoms with Crippen LogP contribution in [0.3, 0.4) is 0 Å². The van der Waals surface area contributed by atoms with Crippen LogP contribution in [-0.2, 0) is 0 Å². The molecule has 0 amide bonds. The van der Waals surface area contributed by atoms with Crippen molar-refractivity contribution >= 4 is 67.8 Å². The fourth-order valence-electron chi connectivity index (χ4n) is 1.34. The fraction of sp³-hybridized carbons (Fsp3) is 0.0769. The number of nitro benzene ring substituents is 2. The maximum atomic E-state index is 10.5. The van der Waals surface area contributed by atoms with Gasteiger partial charge < -0.3 is 0 Å². The van der Waals surface area contributed by atoms with E-state index in [2.05, 4.69) is 0 Å². The zero-order chi connectivity index (χ0) is 18.1. The molecule has 6 nitrogen and oxygen atoms in total. The standard InChI is InChI=1S/C12H8N2O4S2.CHCl3/c15-13(16)9-1-5-11(6-2-9)19-20-12-7-3-10(4-8-12)14(17)18;2-1(3)4/h1-8H;1H. The van der Waals surface area contributed by atoms with Gasteiger partial charge in [-0.05, 0) is 24.3 Å². The molecule has 128 valence electrons. The third kappa shape index (κ3) is 8.07. The van der Waals surface area contributed by atoms with Gasteiger partial charge in [-0.1, -0.05) is 56.4 Å². The SMILES string of the molecule is ClC(Cl)Cl.O=[N+]([O-])c1ccc(SSc2ccc([N+](=O)[O-])cc2)cc1. The molecular formula is C13H9Cl3N2O4S2. The molecule has 0 aliphatic heterocycles. The molecule has 2 aromatic rings. The summed E-state index contributed by atoms with van der Waals surface area (Å²) in [5.74, 6) is 0. The predicted octanol–water partition coefficient (Wildman–Crippen LogP) is 6.29. The van der Waals surface area contributed by atoms with Crippen LogP contribution in [0.2, 0.25) is 0 Å². The third-order valence-corrected chi connectivity index (χ3v) is 4.75. The summed E-state index contributed by atoms with van der Waals surface area (Å²) in [5.41, 5.74) is 0.101. The van der Waals surface area contributed by atoms with Crippen molar-refractivity contribution < 1.29 is 9.85 Å². The van der Waals surface area contributed by atoms with Gasteiger partial charge in [-0.2, -0.15) is 0 Å². The molecule has 2 aromatic carbocycles. The summed E-state index contributed by atoms with van der Waals surface area (Å²) in [6, 6.07) is 12.4. The Morgan fingerprint density at radius 3 is 1.17 bits per heavy atom. The highest BCUT2D eigenvalue weighted by molar-refractivity contribution is 8.76. The highest BCUT2D eigenvalue weighted by Gasteiger charge is 2.06. The van der Waals surface area contributed by atoms with E-state index < -0.39 is 14.1 Å². The van der Waals surface area contributed by atoms with Crippen LogP contribution in [0.1, 0.15) is 0 Å². The van der Waals surface area contributed by atoms with Gasteiger partial charge in [0.25, 0.3) is 11.4 Å². The van der Waals surface area contributed by atoms with E-state index in [1.165, 1.54) is 45.9 Å². The fourth-order valence-corrected chi connectivity index (χ4v) is 3.27. The molecule has 0 unspecified atom stereocenters. The molecule has 0 bridgehead atoms. The second-order valence-electron chi connectivity index (χ2n) is 3.92. The molecule has 24 heavy (non-hydrogen) atoms. The molecule has 0 aliphatic rings. The molecule has 0 heterocycles. The Bertz CT molecular complexity index is 624. The van der Waals surface area contributed by atoms with Crippen LogP contribution < -0.4 is 0 Å². The number of hydrogen-bond donors (Lipinski definition) is 0. The molecule has 2 rings (SSSR count). The number of nitrogens with zero attached hydrogens (tertiary/aromatic N) is 2. The topological polar surface area (TPSA) is 86.3 Å². The first-order valence-electron chi connectivity index (χ1n) is 6.05. The highest BCUT2D eigenvalue weighted by Crippen LogP contribution is 2.38. The predicted molar refractivity (Wildman–Crippen MR) is 99.3 cm³/mol. The summed E-state index contributed by atoms with van der Waals surface area (Å²) >= 11 is 14.4. The van der Waals surface area contributed by atoms with Crippen LogP contribution in [-0.4, -0.2) is 14.1 Å². The molecule has 11 heteroatoms. The van der Waals surface area contributed by atoms with Crippen molar-refractivity contribution in [3.05, 3.63) is 68.8 Å². The van der Waals surface area contributed by atoms with Crippen LogP contribution in [0.25, 0.3) is 0 Å². The lowest BCUT2D eigenvalue weighted by Gasteiger charge is -2.01. The lowest BCUT2D eigenvalue weighted by Crippen LogP contribution is -1.86. The average Bonchev–Trinajstić information content (AvgIpc) is 2.53. The van der Waals surface area contributed by atoms with Crippen LogP contribution in [0, 0.1) is 20.2 Å². The average molecular weight is 428 g/mol. The molecule has 0 atom stereocenters. The van der Waals surface area contributed by atoms with Crippen LogP contribution in [0.15, 0.2) is 58.3 Å². The number of alkyl halides is 3. The number of benzene rings is 2. The summed E-state index contributed by atoms with van der Waals surface area (Å²) in [4.78, 5) is 21.9. The van der Waals surface area contributed by atoms with Crippen molar-refractivity contribution in [1.82, 2.24) is 0 Å². The second kappa shape index (κ2) is 10.6. The van der Waals surface area contributed by atoms with E-state index in [9.17, 15) is 20.2 Å². The van der Waals surface area contributed by atoms with Crippen LogP contribution in [0.4, 0.5) is 11.4 Å². The molecule has 0 radical (unpaired) electrons. The minimum atomic E-state index is -0.750. The van der Waals surface area contributed by atoms with Gasteiger partial charge in [0.15, 0.2) is 4.30 Å².